The predicted octanol–water partition coefficient (Wildman–Crippen LogP) is 4.02. The van der Waals surface area contributed by atoms with Gasteiger partial charge < -0.3 is 20.1 Å². The number of amides is 2. The summed E-state index contributed by atoms with van der Waals surface area (Å²) in [7, 11) is 0. The number of fused-ring (bicyclic) bond motifs is 3. The Bertz CT molecular complexity index is 991. The highest BCUT2D eigenvalue weighted by molar-refractivity contribution is 5.84. The number of carbonyl (C=O) groups excluding carboxylic acids is 2. The van der Waals surface area contributed by atoms with Crippen LogP contribution in [0.3, 0.4) is 0 Å². The number of likely N-dealkylation sites (tertiary alicyclic amines) is 1. The van der Waals surface area contributed by atoms with Crippen molar-refractivity contribution < 1.29 is 24.2 Å². The highest BCUT2D eigenvalue weighted by Crippen LogP contribution is 2.44. The first kappa shape index (κ1) is 22.8. The summed E-state index contributed by atoms with van der Waals surface area (Å²) in [5.41, 5.74) is 4.65. The minimum atomic E-state index is -0.951. The number of piperidine rings is 1. The zero-order valence-corrected chi connectivity index (χ0v) is 18.8. The van der Waals surface area contributed by atoms with Crippen LogP contribution in [0.5, 0.6) is 0 Å². The van der Waals surface area contributed by atoms with Crippen molar-refractivity contribution in [1.82, 2.24) is 10.2 Å². The van der Waals surface area contributed by atoms with Crippen LogP contribution in [-0.4, -0.2) is 53.7 Å². The number of carbonyl (C=O) groups is 3. The Morgan fingerprint density at radius 1 is 1.06 bits per heavy atom. The van der Waals surface area contributed by atoms with Gasteiger partial charge in [-0.25, -0.2) is 9.59 Å². The molecule has 1 fully saturated rings. The molecule has 1 aliphatic heterocycles. The molecule has 1 unspecified atom stereocenters. The molecule has 7 nitrogen and oxygen atoms in total. The van der Waals surface area contributed by atoms with Gasteiger partial charge in [0.25, 0.3) is 0 Å². The Morgan fingerprint density at radius 3 is 2.33 bits per heavy atom. The maximum absolute atomic E-state index is 12.6. The van der Waals surface area contributed by atoms with E-state index in [1.165, 1.54) is 16.0 Å². The third-order valence-corrected chi connectivity index (χ3v) is 6.57. The monoisotopic (exact) mass is 450 g/mol. The molecule has 0 spiro atoms. The predicted molar refractivity (Wildman–Crippen MR) is 124 cm³/mol. The zero-order chi connectivity index (χ0) is 23.4. The lowest BCUT2D eigenvalue weighted by molar-refractivity contribution is -0.152. The van der Waals surface area contributed by atoms with Crippen LogP contribution in [0.25, 0.3) is 11.1 Å². The molecule has 2 amide bonds. The lowest BCUT2D eigenvalue weighted by Gasteiger charge is -2.33. The number of ether oxygens (including phenoxy) is 1. The second-order valence-electron chi connectivity index (χ2n) is 8.95. The summed E-state index contributed by atoms with van der Waals surface area (Å²) in [5.74, 6) is -1.26. The molecule has 174 valence electrons. The lowest BCUT2D eigenvalue weighted by Crippen LogP contribution is -2.48. The summed E-state index contributed by atoms with van der Waals surface area (Å²) >= 11 is 0. The molecule has 1 saturated heterocycles. The van der Waals surface area contributed by atoms with Gasteiger partial charge in [-0.2, -0.15) is 0 Å². The van der Waals surface area contributed by atoms with E-state index in [9.17, 15) is 19.5 Å². The van der Waals surface area contributed by atoms with Crippen LogP contribution in [0.15, 0.2) is 48.5 Å². The maximum atomic E-state index is 12.6. The number of nitrogens with one attached hydrogen (secondary N) is 1. The number of hydrogen-bond acceptors (Lipinski definition) is 4. The summed E-state index contributed by atoms with van der Waals surface area (Å²) < 4.78 is 5.54. The van der Waals surface area contributed by atoms with Gasteiger partial charge in [0.1, 0.15) is 12.6 Å². The molecule has 4 rings (SSSR count). The second kappa shape index (κ2) is 10.1. The highest BCUT2D eigenvalue weighted by Gasteiger charge is 2.32. The Morgan fingerprint density at radius 2 is 1.70 bits per heavy atom. The summed E-state index contributed by atoms with van der Waals surface area (Å²) in [5, 5.41) is 12.1. The maximum Gasteiger partial charge on any atom is 0.407 e. The SMILES string of the molecule is CC(CNC(=O)OCC1c2ccccc2-c2ccccc21)CC(=O)N1CCCC[C@H]1C(=O)O. The third-order valence-electron chi connectivity index (χ3n) is 6.57. The molecule has 7 heteroatoms. The molecule has 1 heterocycles. The van der Waals surface area contributed by atoms with Gasteiger partial charge >= 0.3 is 12.1 Å². The molecule has 2 aliphatic rings. The van der Waals surface area contributed by atoms with Crippen LogP contribution in [0, 0.1) is 5.92 Å². The number of aliphatic carboxylic acids is 1. The zero-order valence-electron chi connectivity index (χ0n) is 18.8. The molecule has 33 heavy (non-hydrogen) atoms. The molecule has 2 aromatic rings. The van der Waals surface area contributed by atoms with E-state index in [4.69, 9.17) is 4.74 Å². The number of carboxylic acids is 1. The van der Waals surface area contributed by atoms with Gasteiger partial charge in [0.2, 0.25) is 5.91 Å². The fraction of sp³-hybridized carbons (Fsp3) is 0.423. The number of rotatable bonds is 7. The van der Waals surface area contributed by atoms with E-state index < -0.39 is 18.1 Å². The van der Waals surface area contributed by atoms with Crippen molar-refractivity contribution in [3.05, 3.63) is 59.7 Å². The van der Waals surface area contributed by atoms with E-state index in [0.717, 1.165) is 24.0 Å². The van der Waals surface area contributed by atoms with Crippen molar-refractivity contribution in [2.45, 2.75) is 44.6 Å². The van der Waals surface area contributed by atoms with Gasteiger partial charge in [-0.05, 0) is 47.4 Å². The van der Waals surface area contributed by atoms with Gasteiger partial charge in [0.05, 0.1) is 0 Å². The van der Waals surface area contributed by atoms with E-state index in [2.05, 4.69) is 29.6 Å². The van der Waals surface area contributed by atoms with E-state index in [1.807, 2.05) is 31.2 Å². The van der Waals surface area contributed by atoms with Gasteiger partial charge in [0, 0.05) is 25.4 Å². The summed E-state index contributed by atoms with van der Waals surface area (Å²) in [6.45, 7) is 2.86. The first-order chi connectivity index (χ1) is 16.0. The summed E-state index contributed by atoms with van der Waals surface area (Å²) in [6.07, 6.45) is 1.81. The third kappa shape index (κ3) is 5.02. The topological polar surface area (TPSA) is 95.9 Å². The first-order valence-electron chi connectivity index (χ1n) is 11.6. The van der Waals surface area contributed by atoms with E-state index in [-0.39, 0.29) is 37.3 Å². The lowest BCUT2D eigenvalue weighted by atomic mass is 9.98. The van der Waals surface area contributed by atoms with E-state index in [0.29, 0.717) is 13.0 Å². The van der Waals surface area contributed by atoms with Gasteiger partial charge in [-0.15, -0.1) is 0 Å². The number of alkyl carbamates (subject to hydrolysis) is 1. The minimum absolute atomic E-state index is 0.00537. The molecular weight excluding hydrogens is 420 g/mol. The standard InChI is InChI=1S/C26H30N2O5/c1-17(14-24(29)28-13-7-6-12-23(28)25(30)31)15-27-26(32)33-16-22-20-10-4-2-8-18(20)19-9-3-5-11-21(19)22/h2-5,8-11,17,22-23H,6-7,12-16H2,1H3,(H,27,32)(H,30,31)/t17?,23-/m0/s1. The van der Waals surface area contributed by atoms with Gasteiger partial charge in [0.15, 0.2) is 0 Å². The molecule has 0 bridgehead atoms. The molecule has 2 aromatic carbocycles. The molecule has 0 saturated carbocycles. The molecule has 0 radical (unpaired) electrons. The quantitative estimate of drug-likeness (QED) is 0.664. The van der Waals surface area contributed by atoms with Gasteiger partial charge in [-0.3, -0.25) is 4.79 Å². The average molecular weight is 451 g/mol. The Hall–Kier alpha value is -3.35. The van der Waals surface area contributed by atoms with Crippen LogP contribution in [-0.2, 0) is 14.3 Å². The summed E-state index contributed by atoms with van der Waals surface area (Å²) in [6, 6.07) is 15.6. The van der Waals surface area contributed by atoms with Gasteiger partial charge in [-0.1, -0.05) is 55.5 Å². The Balaban J connectivity index is 1.27. The Labute approximate surface area is 193 Å². The van der Waals surface area contributed by atoms with E-state index >= 15 is 0 Å². The molecular formula is C26H30N2O5. The van der Waals surface area contributed by atoms with Crippen LogP contribution in [0.2, 0.25) is 0 Å². The summed E-state index contributed by atoms with van der Waals surface area (Å²) in [4.78, 5) is 37.9. The fourth-order valence-electron chi connectivity index (χ4n) is 4.88. The fourth-order valence-corrected chi connectivity index (χ4v) is 4.88. The first-order valence-corrected chi connectivity index (χ1v) is 11.6. The minimum Gasteiger partial charge on any atom is -0.480 e. The van der Waals surface area contributed by atoms with Crippen molar-refractivity contribution in [1.29, 1.82) is 0 Å². The molecule has 0 aromatic heterocycles. The smallest absolute Gasteiger partial charge is 0.407 e. The number of hydrogen-bond donors (Lipinski definition) is 2. The van der Waals surface area contributed by atoms with Crippen LogP contribution >= 0.6 is 0 Å². The van der Waals surface area contributed by atoms with Crippen LogP contribution < -0.4 is 5.32 Å². The van der Waals surface area contributed by atoms with Crippen molar-refractivity contribution in [2.75, 3.05) is 19.7 Å². The number of nitrogens with zero attached hydrogens (tertiary/aromatic N) is 1. The number of carboxylic acid groups (broad SMARTS) is 1. The highest BCUT2D eigenvalue weighted by atomic mass is 16.5. The van der Waals surface area contributed by atoms with Crippen molar-refractivity contribution in [3.8, 4) is 11.1 Å². The molecule has 1 aliphatic carbocycles. The largest absolute Gasteiger partial charge is 0.480 e. The number of benzene rings is 2. The normalized spacial score (nSPS) is 18.2. The van der Waals surface area contributed by atoms with Crippen LogP contribution in [0.4, 0.5) is 4.79 Å². The molecule has 2 atom stereocenters. The van der Waals surface area contributed by atoms with Crippen molar-refractivity contribution in [2.24, 2.45) is 5.92 Å². The van der Waals surface area contributed by atoms with Crippen molar-refractivity contribution in [3.63, 3.8) is 0 Å². The molecule has 2 N–H and O–H groups in total. The van der Waals surface area contributed by atoms with Crippen LogP contribution in [0.1, 0.15) is 49.7 Å². The second-order valence-corrected chi connectivity index (χ2v) is 8.95. The Kier molecular flexibility index (Phi) is 6.96. The average Bonchev–Trinajstić information content (AvgIpc) is 3.15. The van der Waals surface area contributed by atoms with E-state index in [1.54, 1.807) is 0 Å². The van der Waals surface area contributed by atoms with Crippen molar-refractivity contribution >= 4 is 18.0 Å².